The summed E-state index contributed by atoms with van der Waals surface area (Å²) in [5.41, 5.74) is 10.3. The van der Waals surface area contributed by atoms with E-state index in [1.165, 1.54) is 16.7 Å². The minimum atomic E-state index is 0.806. The first-order chi connectivity index (χ1) is 8.15. The van der Waals surface area contributed by atoms with Crippen molar-refractivity contribution in [2.24, 2.45) is 0 Å². The highest BCUT2D eigenvalue weighted by Gasteiger charge is 2.00. The third-order valence-corrected chi connectivity index (χ3v) is 2.65. The molecule has 0 heterocycles. The Hall–Kier alpha value is -1.80. The largest absolute Gasteiger partial charge is 0.399 e. The highest BCUT2D eigenvalue weighted by Crippen LogP contribution is 2.22. The van der Waals surface area contributed by atoms with Gasteiger partial charge in [0.15, 0.2) is 0 Å². The molecule has 0 aliphatic rings. The SMILES string of the molecule is CN(C)Cc1cccc(-c2cccc(N)c2)c1. The van der Waals surface area contributed by atoms with E-state index < -0.39 is 0 Å². The fourth-order valence-electron chi connectivity index (χ4n) is 1.93. The van der Waals surface area contributed by atoms with Gasteiger partial charge in [0.25, 0.3) is 0 Å². The van der Waals surface area contributed by atoms with Crippen LogP contribution in [0.5, 0.6) is 0 Å². The van der Waals surface area contributed by atoms with Crippen LogP contribution in [0.2, 0.25) is 0 Å². The van der Waals surface area contributed by atoms with E-state index in [1.807, 2.05) is 18.2 Å². The van der Waals surface area contributed by atoms with Gasteiger partial charge in [-0.3, -0.25) is 0 Å². The molecule has 2 aromatic rings. The number of rotatable bonds is 3. The van der Waals surface area contributed by atoms with E-state index in [-0.39, 0.29) is 0 Å². The summed E-state index contributed by atoms with van der Waals surface area (Å²) in [4.78, 5) is 2.17. The molecule has 0 aromatic heterocycles. The van der Waals surface area contributed by atoms with Crippen molar-refractivity contribution in [2.45, 2.75) is 6.54 Å². The van der Waals surface area contributed by atoms with Gasteiger partial charge >= 0.3 is 0 Å². The van der Waals surface area contributed by atoms with Gasteiger partial charge < -0.3 is 10.6 Å². The molecule has 88 valence electrons. The predicted molar refractivity (Wildman–Crippen MR) is 73.7 cm³/mol. The summed E-state index contributed by atoms with van der Waals surface area (Å²) in [6, 6.07) is 16.6. The molecule has 17 heavy (non-hydrogen) atoms. The fourth-order valence-corrected chi connectivity index (χ4v) is 1.93. The molecule has 0 spiro atoms. The summed E-state index contributed by atoms with van der Waals surface area (Å²) in [6.45, 7) is 0.955. The number of nitrogen functional groups attached to an aromatic ring is 1. The summed E-state index contributed by atoms with van der Waals surface area (Å²) in [7, 11) is 4.15. The molecule has 0 saturated carbocycles. The number of anilines is 1. The number of hydrogen-bond acceptors (Lipinski definition) is 2. The van der Waals surface area contributed by atoms with Gasteiger partial charge in [-0.25, -0.2) is 0 Å². The molecule has 0 unspecified atom stereocenters. The van der Waals surface area contributed by atoms with Crippen molar-refractivity contribution >= 4 is 5.69 Å². The lowest BCUT2D eigenvalue weighted by atomic mass is 10.0. The maximum Gasteiger partial charge on any atom is 0.0320 e. The second-order valence-electron chi connectivity index (χ2n) is 4.56. The van der Waals surface area contributed by atoms with Crippen LogP contribution >= 0.6 is 0 Å². The Morgan fingerprint density at radius 2 is 1.59 bits per heavy atom. The van der Waals surface area contributed by atoms with E-state index in [4.69, 9.17) is 5.73 Å². The normalized spacial score (nSPS) is 10.8. The lowest BCUT2D eigenvalue weighted by Crippen LogP contribution is -2.10. The quantitative estimate of drug-likeness (QED) is 0.815. The van der Waals surface area contributed by atoms with E-state index in [0.717, 1.165) is 12.2 Å². The van der Waals surface area contributed by atoms with E-state index in [9.17, 15) is 0 Å². The average molecular weight is 226 g/mol. The van der Waals surface area contributed by atoms with Crippen molar-refractivity contribution in [3.05, 3.63) is 54.1 Å². The Morgan fingerprint density at radius 1 is 0.941 bits per heavy atom. The molecule has 0 bridgehead atoms. The van der Waals surface area contributed by atoms with Crippen LogP contribution < -0.4 is 5.73 Å². The van der Waals surface area contributed by atoms with Gasteiger partial charge in [-0.1, -0.05) is 30.3 Å². The van der Waals surface area contributed by atoms with Crippen molar-refractivity contribution in [2.75, 3.05) is 19.8 Å². The standard InChI is InChI=1S/C15H18N2/c1-17(2)11-12-5-3-6-13(9-12)14-7-4-8-15(16)10-14/h3-10H,11,16H2,1-2H3. The van der Waals surface area contributed by atoms with Crippen molar-refractivity contribution in [1.29, 1.82) is 0 Å². The third-order valence-electron chi connectivity index (χ3n) is 2.65. The third kappa shape index (κ3) is 3.08. The number of hydrogen-bond donors (Lipinski definition) is 1. The Morgan fingerprint density at radius 3 is 2.24 bits per heavy atom. The van der Waals surface area contributed by atoms with Gasteiger partial charge in [0.05, 0.1) is 0 Å². The van der Waals surface area contributed by atoms with E-state index >= 15 is 0 Å². The smallest absolute Gasteiger partial charge is 0.0320 e. The van der Waals surface area contributed by atoms with Crippen molar-refractivity contribution < 1.29 is 0 Å². The fraction of sp³-hybridized carbons (Fsp3) is 0.200. The van der Waals surface area contributed by atoms with E-state index in [2.05, 4.69) is 49.3 Å². The predicted octanol–water partition coefficient (Wildman–Crippen LogP) is 3.00. The summed E-state index contributed by atoms with van der Waals surface area (Å²) in [6.07, 6.45) is 0. The first kappa shape index (κ1) is 11.7. The zero-order valence-electron chi connectivity index (χ0n) is 10.4. The molecular formula is C15H18N2. The van der Waals surface area contributed by atoms with Crippen molar-refractivity contribution in [3.63, 3.8) is 0 Å². The molecule has 0 atom stereocenters. The summed E-state index contributed by atoms with van der Waals surface area (Å²) in [5, 5.41) is 0. The summed E-state index contributed by atoms with van der Waals surface area (Å²) in [5.74, 6) is 0. The Bertz CT molecular complexity index is 504. The monoisotopic (exact) mass is 226 g/mol. The van der Waals surface area contributed by atoms with Crippen LogP contribution in [0.1, 0.15) is 5.56 Å². The maximum absolute atomic E-state index is 5.81. The van der Waals surface area contributed by atoms with Crippen LogP contribution in [-0.2, 0) is 6.54 Å². The topological polar surface area (TPSA) is 29.3 Å². The zero-order valence-corrected chi connectivity index (χ0v) is 10.4. The summed E-state index contributed by atoms with van der Waals surface area (Å²) < 4.78 is 0. The molecule has 2 heteroatoms. The van der Waals surface area contributed by atoms with E-state index in [1.54, 1.807) is 0 Å². The maximum atomic E-state index is 5.81. The van der Waals surface area contributed by atoms with Crippen LogP contribution in [0.3, 0.4) is 0 Å². The number of nitrogens with zero attached hydrogens (tertiary/aromatic N) is 1. The van der Waals surface area contributed by atoms with Crippen LogP contribution in [0.4, 0.5) is 5.69 Å². The molecule has 2 nitrogen and oxygen atoms in total. The number of nitrogens with two attached hydrogens (primary N) is 1. The zero-order chi connectivity index (χ0) is 12.3. The lowest BCUT2D eigenvalue weighted by Gasteiger charge is -2.11. The minimum absolute atomic E-state index is 0.806. The van der Waals surface area contributed by atoms with Gasteiger partial charge in [-0.15, -0.1) is 0 Å². The van der Waals surface area contributed by atoms with Crippen molar-refractivity contribution in [1.82, 2.24) is 4.90 Å². The molecule has 2 aromatic carbocycles. The van der Waals surface area contributed by atoms with Gasteiger partial charge in [0, 0.05) is 12.2 Å². The van der Waals surface area contributed by atoms with E-state index in [0.29, 0.717) is 0 Å². The minimum Gasteiger partial charge on any atom is -0.399 e. The van der Waals surface area contributed by atoms with Crippen LogP contribution in [0.15, 0.2) is 48.5 Å². The van der Waals surface area contributed by atoms with Crippen LogP contribution in [0.25, 0.3) is 11.1 Å². The average Bonchev–Trinajstić information content (AvgIpc) is 2.28. The molecule has 2 N–H and O–H groups in total. The van der Waals surface area contributed by atoms with Gasteiger partial charge in [-0.05, 0) is 49.0 Å². The molecule has 0 fully saturated rings. The van der Waals surface area contributed by atoms with Crippen LogP contribution in [0, 0.1) is 0 Å². The highest BCUT2D eigenvalue weighted by atomic mass is 15.0. The Kier molecular flexibility index (Phi) is 3.45. The molecule has 2 rings (SSSR count). The molecule has 0 radical (unpaired) electrons. The molecule has 0 amide bonds. The second-order valence-corrected chi connectivity index (χ2v) is 4.56. The first-order valence-corrected chi connectivity index (χ1v) is 5.75. The van der Waals surface area contributed by atoms with Crippen molar-refractivity contribution in [3.8, 4) is 11.1 Å². The van der Waals surface area contributed by atoms with Gasteiger partial charge in [-0.2, -0.15) is 0 Å². The highest BCUT2D eigenvalue weighted by molar-refractivity contribution is 5.67. The molecule has 0 aliphatic heterocycles. The van der Waals surface area contributed by atoms with Crippen LogP contribution in [-0.4, -0.2) is 19.0 Å². The Labute approximate surface area is 103 Å². The second kappa shape index (κ2) is 5.02. The molecular weight excluding hydrogens is 208 g/mol. The van der Waals surface area contributed by atoms with Gasteiger partial charge in [0.2, 0.25) is 0 Å². The first-order valence-electron chi connectivity index (χ1n) is 5.75. The number of benzene rings is 2. The molecule has 0 saturated heterocycles. The van der Waals surface area contributed by atoms with Gasteiger partial charge in [0.1, 0.15) is 0 Å². The summed E-state index contributed by atoms with van der Waals surface area (Å²) >= 11 is 0. The molecule has 0 aliphatic carbocycles. The Balaban J connectivity index is 2.33. The lowest BCUT2D eigenvalue weighted by molar-refractivity contribution is 0.402.